The maximum absolute atomic E-state index is 12.2. The molecule has 2 aliphatic rings. The van der Waals surface area contributed by atoms with E-state index in [4.69, 9.17) is 0 Å². The van der Waals surface area contributed by atoms with Crippen LogP contribution in [0.3, 0.4) is 0 Å². The van der Waals surface area contributed by atoms with Gasteiger partial charge in [0.05, 0.1) is 17.6 Å². The Kier molecular flexibility index (Phi) is 2.06. The molecule has 3 heterocycles. The van der Waals surface area contributed by atoms with Crippen molar-refractivity contribution in [3.8, 4) is 0 Å². The fourth-order valence-electron chi connectivity index (χ4n) is 2.18. The van der Waals surface area contributed by atoms with E-state index in [-0.39, 0.29) is 5.88 Å². The molecule has 0 amide bonds. The molecular weight excluding hydrogens is 242 g/mol. The first-order valence-electron chi connectivity index (χ1n) is 5.27. The van der Waals surface area contributed by atoms with E-state index in [1.165, 1.54) is 10.5 Å². The van der Waals surface area contributed by atoms with E-state index in [2.05, 4.69) is 4.98 Å². The molecule has 0 spiro atoms. The maximum Gasteiger partial charge on any atom is 0.333 e. The van der Waals surface area contributed by atoms with Crippen LogP contribution >= 0.6 is 0 Å². The summed E-state index contributed by atoms with van der Waals surface area (Å²) in [4.78, 5) is 3.86. The molecule has 1 fully saturated rings. The van der Waals surface area contributed by atoms with E-state index in [0.717, 1.165) is 10.7 Å². The number of pyridine rings is 1. The zero-order valence-corrected chi connectivity index (χ0v) is 9.76. The van der Waals surface area contributed by atoms with E-state index >= 15 is 0 Å². The number of aromatic nitrogens is 1. The molecule has 1 N–H and O–H groups in total. The number of hydrogen-bond donors (Lipinski definition) is 1. The molecule has 0 aliphatic carbocycles. The molecule has 90 valence electrons. The highest BCUT2D eigenvalue weighted by Crippen LogP contribution is 2.39. The lowest BCUT2D eigenvalue weighted by atomic mass is 10.3. The molecule has 1 aromatic rings. The smallest absolute Gasteiger partial charge is 0.333 e. The maximum atomic E-state index is 12.2. The van der Waals surface area contributed by atoms with Crippen LogP contribution in [0.15, 0.2) is 36.1 Å². The summed E-state index contributed by atoms with van der Waals surface area (Å²) in [6, 6.07) is 3.23. The predicted octanol–water partition coefficient (Wildman–Crippen LogP) is 0.969. The normalized spacial score (nSPS) is 22.1. The Morgan fingerprint density at radius 1 is 1.41 bits per heavy atom. The van der Waals surface area contributed by atoms with Gasteiger partial charge in [0.2, 0.25) is 5.88 Å². The fraction of sp³-hybridized carbons (Fsp3) is 0.300. The summed E-state index contributed by atoms with van der Waals surface area (Å²) in [6.07, 6.45) is 4.30. The molecular formula is C10H11N3O3S. The minimum atomic E-state index is -3.66. The Balaban J connectivity index is 2.15. The Labute approximate surface area is 99.0 Å². The second-order valence-corrected chi connectivity index (χ2v) is 5.63. The van der Waals surface area contributed by atoms with Gasteiger partial charge in [-0.3, -0.25) is 9.29 Å². The van der Waals surface area contributed by atoms with Gasteiger partial charge in [-0.15, -0.1) is 0 Å². The molecule has 0 saturated carbocycles. The minimum absolute atomic E-state index is 0.199. The van der Waals surface area contributed by atoms with Crippen LogP contribution in [0.4, 0.5) is 5.69 Å². The lowest BCUT2D eigenvalue weighted by molar-refractivity contribution is 0.397. The van der Waals surface area contributed by atoms with Gasteiger partial charge in [0, 0.05) is 12.7 Å². The highest BCUT2D eigenvalue weighted by molar-refractivity contribution is 7.91. The predicted molar refractivity (Wildman–Crippen MR) is 61.2 cm³/mol. The lowest BCUT2D eigenvalue weighted by Gasteiger charge is -2.19. The molecule has 6 nitrogen and oxygen atoms in total. The average Bonchev–Trinajstić information content (AvgIpc) is 2.85. The van der Waals surface area contributed by atoms with Gasteiger partial charge in [0.25, 0.3) is 0 Å². The first-order valence-corrected chi connectivity index (χ1v) is 6.67. The molecule has 1 saturated heterocycles. The summed E-state index contributed by atoms with van der Waals surface area (Å²) < 4.78 is 26.6. The van der Waals surface area contributed by atoms with Gasteiger partial charge in [0.1, 0.15) is 0 Å². The third kappa shape index (κ3) is 1.32. The monoisotopic (exact) mass is 253 g/mol. The molecule has 7 heteroatoms. The van der Waals surface area contributed by atoms with Crippen molar-refractivity contribution in [1.82, 2.24) is 9.29 Å². The SMILES string of the molecule is O=S1(=O)N2CCCC2=C(O)N1c1cccnc1. The van der Waals surface area contributed by atoms with Crippen LogP contribution in [0.25, 0.3) is 0 Å². The van der Waals surface area contributed by atoms with E-state index in [1.807, 2.05) is 0 Å². The number of aliphatic hydroxyl groups excluding tert-OH is 1. The summed E-state index contributed by atoms with van der Waals surface area (Å²) in [7, 11) is -3.66. The van der Waals surface area contributed by atoms with Gasteiger partial charge in [-0.1, -0.05) is 0 Å². The highest BCUT2D eigenvalue weighted by atomic mass is 32.2. The summed E-state index contributed by atoms with van der Waals surface area (Å²) in [5.41, 5.74) is 0.834. The van der Waals surface area contributed by atoms with Crippen LogP contribution in [-0.2, 0) is 10.2 Å². The van der Waals surface area contributed by atoms with Gasteiger partial charge in [-0.2, -0.15) is 12.7 Å². The van der Waals surface area contributed by atoms with Crippen molar-refractivity contribution in [3.05, 3.63) is 36.1 Å². The minimum Gasteiger partial charge on any atom is -0.492 e. The number of nitrogens with zero attached hydrogens (tertiary/aromatic N) is 3. The first kappa shape index (κ1) is 10.4. The molecule has 0 bridgehead atoms. The van der Waals surface area contributed by atoms with E-state index < -0.39 is 10.2 Å². The van der Waals surface area contributed by atoms with Crippen LogP contribution in [0.5, 0.6) is 0 Å². The molecule has 0 radical (unpaired) electrons. The Hall–Kier alpha value is -1.76. The van der Waals surface area contributed by atoms with E-state index in [0.29, 0.717) is 24.4 Å². The Morgan fingerprint density at radius 2 is 2.24 bits per heavy atom. The largest absolute Gasteiger partial charge is 0.492 e. The van der Waals surface area contributed by atoms with Gasteiger partial charge < -0.3 is 5.11 Å². The summed E-state index contributed by atoms with van der Waals surface area (Å²) >= 11 is 0. The molecule has 1 aromatic heterocycles. The van der Waals surface area contributed by atoms with Gasteiger partial charge in [-0.25, -0.2) is 0 Å². The van der Waals surface area contributed by atoms with Crippen molar-refractivity contribution in [2.75, 3.05) is 10.8 Å². The number of fused-ring (bicyclic) bond motifs is 1. The second kappa shape index (κ2) is 3.36. The van der Waals surface area contributed by atoms with Crippen LogP contribution in [0, 0.1) is 0 Å². The van der Waals surface area contributed by atoms with Crippen molar-refractivity contribution in [2.24, 2.45) is 0 Å². The number of rotatable bonds is 1. The first-order chi connectivity index (χ1) is 8.12. The summed E-state index contributed by atoms with van der Waals surface area (Å²) in [5.74, 6) is -0.199. The van der Waals surface area contributed by atoms with Crippen molar-refractivity contribution in [1.29, 1.82) is 0 Å². The van der Waals surface area contributed by atoms with Crippen LogP contribution in [0.1, 0.15) is 12.8 Å². The molecule has 0 atom stereocenters. The van der Waals surface area contributed by atoms with Crippen LogP contribution in [-0.4, -0.2) is 29.4 Å². The zero-order valence-electron chi connectivity index (χ0n) is 8.94. The highest BCUT2D eigenvalue weighted by Gasteiger charge is 2.45. The summed E-state index contributed by atoms with van der Waals surface area (Å²) in [5, 5.41) is 10.0. The van der Waals surface area contributed by atoms with Crippen molar-refractivity contribution in [3.63, 3.8) is 0 Å². The molecule has 3 rings (SSSR count). The Bertz CT molecular complexity index is 582. The molecule has 0 aromatic carbocycles. The van der Waals surface area contributed by atoms with E-state index in [1.54, 1.807) is 18.3 Å². The fourth-order valence-corrected chi connectivity index (χ4v) is 3.89. The third-order valence-electron chi connectivity index (χ3n) is 2.92. The third-order valence-corrected chi connectivity index (χ3v) is 4.72. The average molecular weight is 253 g/mol. The summed E-state index contributed by atoms with van der Waals surface area (Å²) in [6.45, 7) is 0.429. The number of aliphatic hydroxyl groups is 1. The quantitative estimate of drug-likeness (QED) is 0.809. The van der Waals surface area contributed by atoms with Crippen molar-refractivity contribution >= 4 is 15.9 Å². The number of allylic oxidation sites excluding steroid dienone is 1. The van der Waals surface area contributed by atoms with Crippen molar-refractivity contribution < 1.29 is 13.5 Å². The van der Waals surface area contributed by atoms with Gasteiger partial charge in [0.15, 0.2) is 0 Å². The topological polar surface area (TPSA) is 73.7 Å². The van der Waals surface area contributed by atoms with Crippen LogP contribution in [0.2, 0.25) is 0 Å². The number of anilines is 1. The van der Waals surface area contributed by atoms with Gasteiger partial charge in [-0.05, 0) is 25.0 Å². The van der Waals surface area contributed by atoms with Gasteiger partial charge >= 0.3 is 10.2 Å². The molecule has 2 aliphatic heterocycles. The second-order valence-electron chi connectivity index (χ2n) is 3.93. The molecule has 17 heavy (non-hydrogen) atoms. The van der Waals surface area contributed by atoms with Crippen molar-refractivity contribution in [2.45, 2.75) is 12.8 Å². The lowest BCUT2D eigenvalue weighted by Crippen LogP contribution is -2.34. The Morgan fingerprint density at radius 3 is 2.88 bits per heavy atom. The zero-order chi connectivity index (χ0) is 12.0. The number of hydrogen-bond acceptors (Lipinski definition) is 4. The van der Waals surface area contributed by atoms with Crippen LogP contribution < -0.4 is 4.31 Å². The molecule has 0 unspecified atom stereocenters. The van der Waals surface area contributed by atoms with E-state index in [9.17, 15) is 13.5 Å². The standard InChI is InChI=1S/C10H11N3O3S/c14-10-9-4-2-6-12(9)17(15,16)13(10)8-3-1-5-11-7-8/h1,3,5,7,14H,2,4,6H2.